The minimum Gasteiger partial charge on any atom is -0.444 e. The van der Waals surface area contributed by atoms with Gasteiger partial charge >= 0.3 is 6.09 Å². The summed E-state index contributed by atoms with van der Waals surface area (Å²) >= 11 is 0. The molecule has 200 valence electrons. The highest BCUT2D eigenvalue weighted by atomic mass is 16.6. The normalized spacial score (nSPS) is 12.3. The second-order valence-electron chi connectivity index (χ2n) is 9.57. The summed E-state index contributed by atoms with van der Waals surface area (Å²) in [5, 5.41) is 14.8. The lowest BCUT2D eigenvalue weighted by Gasteiger charge is -2.33. The third-order valence-corrected chi connectivity index (χ3v) is 5.34. The molecule has 0 aliphatic heterocycles. The molecule has 0 aliphatic rings. The zero-order valence-corrected chi connectivity index (χ0v) is 22.0. The number of primary amides is 1. The highest BCUT2D eigenvalue weighted by molar-refractivity contribution is 6.00. The molecule has 4 amide bonds. The number of rotatable bonds is 10. The van der Waals surface area contributed by atoms with Crippen LogP contribution in [0, 0.1) is 18.3 Å². The van der Waals surface area contributed by atoms with Gasteiger partial charge in [-0.3, -0.25) is 14.4 Å². The van der Waals surface area contributed by atoms with Crippen LogP contribution in [0.5, 0.6) is 0 Å². The number of amides is 4. The number of nitrogens with zero attached hydrogens (tertiary/aromatic N) is 2. The standard InChI is InChI=1S/C28H33N5O5/c1-6-19-11-9-12-20(16-19)24(25(35)31-21-13-8-7-10-18(21)2)33(15-14-29)26(36)22(17-23(30)34)32-27(37)38-28(3,4)5/h6-13,16,22,24H,1,15,17H2,2-5H3,(H2,30,34)(H,31,35)(H,32,37). The van der Waals surface area contributed by atoms with Crippen molar-refractivity contribution in [2.75, 3.05) is 11.9 Å². The first kappa shape index (κ1) is 29.6. The SMILES string of the molecule is C=Cc1cccc(C(C(=O)Nc2ccccc2C)N(CC#N)C(=O)C(CC(N)=O)NC(=O)OC(C)(C)C)c1. The number of hydrogen-bond donors (Lipinski definition) is 3. The molecular weight excluding hydrogens is 486 g/mol. The molecule has 0 spiro atoms. The fourth-order valence-electron chi connectivity index (χ4n) is 3.67. The average Bonchev–Trinajstić information content (AvgIpc) is 2.83. The molecule has 0 aromatic heterocycles. The van der Waals surface area contributed by atoms with E-state index in [1.54, 1.807) is 63.2 Å². The highest BCUT2D eigenvalue weighted by Gasteiger charge is 2.37. The maximum atomic E-state index is 13.8. The van der Waals surface area contributed by atoms with Crippen molar-refractivity contribution in [3.63, 3.8) is 0 Å². The Morgan fingerprint density at radius 3 is 2.42 bits per heavy atom. The van der Waals surface area contributed by atoms with Crippen molar-refractivity contribution in [1.82, 2.24) is 10.2 Å². The number of alkyl carbamates (subject to hydrolysis) is 1. The Morgan fingerprint density at radius 2 is 1.84 bits per heavy atom. The molecule has 0 saturated heterocycles. The number of anilines is 1. The van der Waals surface area contributed by atoms with E-state index in [0.717, 1.165) is 10.5 Å². The minimum atomic E-state index is -1.48. The van der Waals surface area contributed by atoms with Gasteiger partial charge in [0.25, 0.3) is 5.91 Å². The zero-order chi connectivity index (χ0) is 28.5. The van der Waals surface area contributed by atoms with Gasteiger partial charge in [0.15, 0.2) is 0 Å². The van der Waals surface area contributed by atoms with Crippen molar-refractivity contribution in [3.05, 3.63) is 71.8 Å². The Labute approximate surface area is 222 Å². The molecule has 0 bridgehead atoms. The number of aryl methyl sites for hydroxylation is 1. The summed E-state index contributed by atoms with van der Waals surface area (Å²) in [6.07, 6.45) is 0.0540. The molecule has 38 heavy (non-hydrogen) atoms. The minimum absolute atomic E-state index is 0.396. The van der Waals surface area contributed by atoms with E-state index in [9.17, 15) is 24.4 Å². The number of hydrogen-bond acceptors (Lipinski definition) is 6. The lowest BCUT2D eigenvalue weighted by molar-refractivity contribution is -0.141. The fourth-order valence-corrected chi connectivity index (χ4v) is 3.67. The van der Waals surface area contributed by atoms with Crippen LogP contribution in [-0.2, 0) is 19.1 Å². The second-order valence-corrected chi connectivity index (χ2v) is 9.57. The average molecular weight is 520 g/mol. The van der Waals surface area contributed by atoms with Gasteiger partial charge in [-0.15, -0.1) is 0 Å². The highest BCUT2D eigenvalue weighted by Crippen LogP contribution is 2.26. The van der Waals surface area contributed by atoms with E-state index in [-0.39, 0.29) is 0 Å². The number of nitrogens with two attached hydrogens (primary N) is 1. The van der Waals surface area contributed by atoms with E-state index < -0.39 is 54.5 Å². The first-order chi connectivity index (χ1) is 17.9. The first-order valence-electron chi connectivity index (χ1n) is 11.9. The summed E-state index contributed by atoms with van der Waals surface area (Å²) in [7, 11) is 0. The predicted octanol–water partition coefficient (Wildman–Crippen LogP) is 3.44. The monoisotopic (exact) mass is 519 g/mol. The van der Waals surface area contributed by atoms with Crippen molar-refractivity contribution in [1.29, 1.82) is 5.26 Å². The number of nitrogens with one attached hydrogen (secondary N) is 2. The molecular formula is C28H33N5O5. The molecule has 10 heteroatoms. The Balaban J connectivity index is 2.56. The maximum Gasteiger partial charge on any atom is 0.408 e. The third-order valence-electron chi connectivity index (χ3n) is 5.34. The van der Waals surface area contributed by atoms with E-state index in [0.29, 0.717) is 16.8 Å². The van der Waals surface area contributed by atoms with Crippen LogP contribution in [-0.4, -0.2) is 46.9 Å². The Bertz CT molecular complexity index is 1240. The van der Waals surface area contributed by atoms with Crippen LogP contribution in [0.2, 0.25) is 0 Å². The van der Waals surface area contributed by atoms with Gasteiger partial charge in [0.1, 0.15) is 24.2 Å². The van der Waals surface area contributed by atoms with Gasteiger partial charge < -0.3 is 26.0 Å². The molecule has 10 nitrogen and oxygen atoms in total. The first-order valence-corrected chi connectivity index (χ1v) is 11.9. The number of ether oxygens (including phenoxy) is 1. The van der Waals surface area contributed by atoms with Crippen molar-refractivity contribution < 1.29 is 23.9 Å². The molecule has 2 aromatic carbocycles. The molecule has 0 heterocycles. The quantitative estimate of drug-likeness (QED) is 0.409. The zero-order valence-electron chi connectivity index (χ0n) is 22.0. The second kappa shape index (κ2) is 13.1. The number of para-hydroxylation sites is 1. The molecule has 2 rings (SSSR count). The van der Waals surface area contributed by atoms with Gasteiger partial charge in [-0.25, -0.2) is 4.79 Å². The van der Waals surface area contributed by atoms with Crippen LogP contribution in [0.4, 0.5) is 10.5 Å². The summed E-state index contributed by atoms with van der Waals surface area (Å²) in [4.78, 5) is 52.7. The molecule has 2 unspecified atom stereocenters. The molecule has 0 aliphatic carbocycles. The molecule has 0 radical (unpaired) electrons. The Morgan fingerprint density at radius 1 is 1.16 bits per heavy atom. The summed E-state index contributed by atoms with van der Waals surface area (Å²) in [5.74, 6) is -2.32. The van der Waals surface area contributed by atoms with Crippen LogP contribution >= 0.6 is 0 Å². The molecule has 0 saturated carbocycles. The van der Waals surface area contributed by atoms with Gasteiger partial charge in [-0.2, -0.15) is 5.26 Å². The Hall–Kier alpha value is -4.65. The van der Waals surface area contributed by atoms with E-state index >= 15 is 0 Å². The van der Waals surface area contributed by atoms with Gasteiger partial charge in [0.05, 0.1) is 12.5 Å². The molecule has 4 N–H and O–H groups in total. The molecule has 2 aromatic rings. The van der Waals surface area contributed by atoms with E-state index in [1.165, 1.54) is 0 Å². The van der Waals surface area contributed by atoms with Crippen molar-refractivity contribution in [2.45, 2.75) is 51.8 Å². The predicted molar refractivity (Wildman–Crippen MR) is 143 cm³/mol. The third kappa shape index (κ3) is 8.48. The summed E-state index contributed by atoms with van der Waals surface area (Å²) < 4.78 is 5.23. The van der Waals surface area contributed by atoms with Crippen molar-refractivity contribution in [3.8, 4) is 6.07 Å². The van der Waals surface area contributed by atoms with Crippen LogP contribution < -0.4 is 16.4 Å². The van der Waals surface area contributed by atoms with Gasteiger partial charge in [0, 0.05) is 5.69 Å². The van der Waals surface area contributed by atoms with Crippen LogP contribution in [0.3, 0.4) is 0 Å². The number of carbonyl (C=O) groups is 4. The van der Waals surface area contributed by atoms with Gasteiger partial charge in [0.2, 0.25) is 11.8 Å². The van der Waals surface area contributed by atoms with Gasteiger partial charge in [-0.05, 0) is 56.5 Å². The van der Waals surface area contributed by atoms with Crippen LogP contribution in [0.25, 0.3) is 6.08 Å². The summed E-state index contributed by atoms with van der Waals surface area (Å²) in [6.45, 7) is 9.95. The lowest BCUT2D eigenvalue weighted by atomic mass is 9.99. The van der Waals surface area contributed by atoms with Gasteiger partial charge in [-0.1, -0.05) is 49.1 Å². The maximum absolute atomic E-state index is 13.8. The van der Waals surface area contributed by atoms with E-state index in [1.807, 2.05) is 25.1 Å². The van der Waals surface area contributed by atoms with Crippen molar-refractivity contribution >= 4 is 35.6 Å². The summed E-state index contributed by atoms with van der Waals surface area (Å²) in [6, 6.07) is 13.0. The molecule has 2 atom stereocenters. The number of benzene rings is 2. The van der Waals surface area contributed by atoms with E-state index in [4.69, 9.17) is 10.5 Å². The Kier molecular flexibility index (Phi) is 10.2. The largest absolute Gasteiger partial charge is 0.444 e. The number of nitriles is 1. The molecule has 0 fully saturated rings. The number of carbonyl (C=O) groups excluding carboxylic acids is 4. The fraction of sp³-hybridized carbons (Fsp3) is 0.321. The smallest absolute Gasteiger partial charge is 0.408 e. The van der Waals surface area contributed by atoms with Crippen LogP contribution in [0.1, 0.15) is 49.9 Å². The van der Waals surface area contributed by atoms with E-state index in [2.05, 4.69) is 17.2 Å². The van der Waals surface area contributed by atoms with Crippen LogP contribution in [0.15, 0.2) is 55.1 Å². The summed E-state index contributed by atoms with van der Waals surface area (Å²) in [5.41, 5.74) is 6.86. The van der Waals surface area contributed by atoms with Crippen molar-refractivity contribution in [2.24, 2.45) is 5.73 Å². The topological polar surface area (TPSA) is 155 Å². The lowest BCUT2D eigenvalue weighted by Crippen LogP contribution is -2.53.